The number of anilines is 2. The Morgan fingerprint density at radius 2 is 1.81 bits per heavy atom. The Labute approximate surface area is 151 Å². The van der Waals surface area contributed by atoms with Gasteiger partial charge in [-0.2, -0.15) is 0 Å². The number of carbonyl (C=O) groups excluding carboxylic acids is 1. The molecule has 3 rings (SSSR count). The molecule has 0 atom stereocenters. The van der Waals surface area contributed by atoms with Crippen LogP contribution in [0.25, 0.3) is 0 Å². The summed E-state index contributed by atoms with van der Waals surface area (Å²) < 4.78 is 33.8. The van der Waals surface area contributed by atoms with Gasteiger partial charge in [-0.3, -0.25) is 0 Å². The van der Waals surface area contributed by atoms with E-state index in [1.165, 1.54) is 0 Å². The number of urea groups is 1. The highest BCUT2D eigenvalue weighted by Crippen LogP contribution is 2.29. The fourth-order valence-electron chi connectivity index (χ4n) is 3.08. The second-order valence-corrected chi connectivity index (χ2v) is 6.10. The molecule has 0 unspecified atom stereocenters. The van der Waals surface area contributed by atoms with Crippen molar-refractivity contribution in [3.8, 4) is 5.75 Å². The van der Waals surface area contributed by atoms with Crippen LogP contribution < -0.4 is 20.3 Å². The van der Waals surface area contributed by atoms with Gasteiger partial charge in [0.1, 0.15) is 11.4 Å². The number of para-hydroxylation sites is 1. The molecule has 1 fully saturated rings. The van der Waals surface area contributed by atoms with E-state index in [1.54, 1.807) is 18.1 Å². The van der Waals surface area contributed by atoms with E-state index in [0.29, 0.717) is 18.8 Å². The van der Waals surface area contributed by atoms with E-state index in [1.807, 2.05) is 18.2 Å². The molecule has 1 heterocycles. The standard InChI is InChI=1S/C19H21F2N3O2/c1-26-17-7-3-2-6-13(17)12-22-19(25)23-14-10-15(20)18(16(21)11-14)24-8-4-5-9-24/h2-3,6-7,10-11H,4-5,8-9,12H2,1H3,(H2,22,23,25). The number of rotatable bonds is 5. The number of nitrogens with zero attached hydrogens (tertiary/aromatic N) is 1. The summed E-state index contributed by atoms with van der Waals surface area (Å²) >= 11 is 0. The number of carbonyl (C=O) groups is 1. The Morgan fingerprint density at radius 1 is 1.15 bits per heavy atom. The highest BCUT2D eigenvalue weighted by atomic mass is 19.1. The Morgan fingerprint density at radius 3 is 2.46 bits per heavy atom. The molecule has 0 spiro atoms. The van der Waals surface area contributed by atoms with Gasteiger partial charge in [-0.1, -0.05) is 18.2 Å². The van der Waals surface area contributed by atoms with Gasteiger partial charge >= 0.3 is 6.03 Å². The molecule has 0 aliphatic carbocycles. The second kappa shape index (κ2) is 8.03. The summed E-state index contributed by atoms with van der Waals surface area (Å²) in [4.78, 5) is 13.7. The van der Waals surface area contributed by atoms with Gasteiger partial charge in [0.15, 0.2) is 11.6 Å². The maximum atomic E-state index is 14.3. The number of halogens is 2. The molecule has 2 aromatic rings. The SMILES string of the molecule is COc1ccccc1CNC(=O)Nc1cc(F)c(N2CCCC2)c(F)c1. The van der Waals surface area contributed by atoms with E-state index in [-0.39, 0.29) is 17.9 Å². The lowest BCUT2D eigenvalue weighted by molar-refractivity contribution is 0.251. The topological polar surface area (TPSA) is 53.6 Å². The lowest BCUT2D eigenvalue weighted by Gasteiger charge is -2.20. The van der Waals surface area contributed by atoms with Gasteiger partial charge in [-0.15, -0.1) is 0 Å². The number of benzene rings is 2. The summed E-state index contributed by atoms with van der Waals surface area (Å²) in [6.45, 7) is 1.51. The van der Waals surface area contributed by atoms with Crippen LogP contribution in [0.3, 0.4) is 0 Å². The Kier molecular flexibility index (Phi) is 5.55. The van der Waals surface area contributed by atoms with Gasteiger partial charge < -0.3 is 20.3 Å². The molecule has 26 heavy (non-hydrogen) atoms. The number of ether oxygens (including phenoxy) is 1. The molecule has 2 amide bonds. The van der Waals surface area contributed by atoms with E-state index in [9.17, 15) is 13.6 Å². The smallest absolute Gasteiger partial charge is 0.319 e. The Balaban J connectivity index is 1.64. The second-order valence-electron chi connectivity index (χ2n) is 6.10. The molecule has 0 aromatic heterocycles. The van der Waals surface area contributed by atoms with Crippen molar-refractivity contribution in [2.45, 2.75) is 19.4 Å². The Hall–Kier alpha value is -2.83. The minimum atomic E-state index is -0.674. The zero-order valence-corrected chi connectivity index (χ0v) is 14.5. The number of hydrogen-bond donors (Lipinski definition) is 2. The van der Waals surface area contributed by atoms with Crippen LogP contribution in [0.2, 0.25) is 0 Å². The van der Waals surface area contributed by atoms with Crippen molar-refractivity contribution in [1.82, 2.24) is 5.32 Å². The molecule has 0 bridgehead atoms. The summed E-state index contributed by atoms with van der Waals surface area (Å²) in [6.07, 6.45) is 1.84. The molecule has 1 aliphatic heterocycles. The summed E-state index contributed by atoms with van der Waals surface area (Å²) in [5, 5.41) is 5.11. The van der Waals surface area contributed by atoms with Crippen molar-refractivity contribution in [3.63, 3.8) is 0 Å². The first-order chi connectivity index (χ1) is 12.6. The van der Waals surface area contributed by atoms with E-state index in [2.05, 4.69) is 10.6 Å². The highest BCUT2D eigenvalue weighted by molar-refractivity contribution is 5.89. The molecular formula is C19H21F2N3O2. The summed E-state index contributed by atoms with van der Waals surface area (Å²) in [6, 6.07) is 9.00. The van der Waals surface area contributed by atoms with Crippen molar-refractivity contribution in [2.24, 2.45) is 0 Å². The quantitative estimate of drug-likeness (QED) is 0.849. The van der Waals surface area contributed by atoms with Gasteiger partial charge in [0.05, 0.1) is 7.11 Å². The van der Waals surface area contributed by atoms with Crippen LogP contribution in [0, 0.1) is 11.6 Å². The van der Waals surface area contributed by atoms with Gasteiger partial charge in [0, 0.05) is 30.9 Å². The molecule has 138 valence electrons. The van der Waals surface area contributed by atoms with Crippen molar-refractivity contribution in [1.29, 1.82) is 0 Å². The van der Waals surface area contributed by atoms with E-state index in [0.717, 1.165) is 30.5 Å². The van der Waals surface area contributed by atoms with E-state index in [4.69, 9.17) is 4.74 Å². The summed E-state index contributed by atoms with van der Waals surface area (Å²) in [7, 11) is 1.55. The molecule has 2 N–H and O–H groups in total. The number of amides is 2. The van der Waals surface area contributed by atoms with E-state index < -0.39 is 17.7 Å². The zero-order chi connectivity index (χ0) is 18.5. The van der Waals surface area contributed by atoms with Crippen LogP contribution in [0.15, 0.2) is 36.4 Å². The van der Waals surface area contributed by atoms with Gasteiger partial charge in [0.25, 0.3) is 0 Å². The minimum Gasteiger partial charge on any atom is -0.496 e. The van der Waals surface area contributed by atoms with Gasteiger partial charge in [0.2, 0.25) is 0 Å². The normalized spacial score (nSPS) is 13.6. The van der Waals surface area contributed by atoms with Crippen molar-refractivity contribution >= 4 is 17.4 Å². The largest absolute Gasteiger partial charge is 0.496 e. The van der Waals surface area contributed by atoms with Crippen molar-refractivity contribution in [2.75, 3.05) is 30.4 Å². The monoisotopic (exact) mass is 361 g/mol. The molecule has 1 saturated heterocycles. The first-order valence-corrected chi connectivity index (χ1v) is 8.49. The predicted octanol–water partition coefficient (Wildman–Crippen LogP) is 3.90. The maximum Gasteiger partial charge on any atom is 0.319 e. The van der Waals surface area contributed by atoms with Crippen molar-refractivity contribution < 1.29 is 18.3 Å². The lowest BCUT2D eigenvalue weighted by Crippen LogP contribution is -2.28. The number of methoxy groups -OCH3 is 1. The maximum absolute atomic E-state index is 14.3. The summed E-state index contributed by atoms with van der Waals surface area (Å²) in [5.74, 6) is -0.696. The molecular weight excluding hydrogens is 340 g/mol. The zero-order valence-electron chi connectivity index (χ0n) is 14.5. The molecule has 0 saturated carbocycles. The van der Waals surface area contributed by atoms with Gasteiger partial charge in [-0.25, -0.2) is 13.6 Å². The molecule has 7 heteroatoms. The van der Waals surface area contributed by atoms with E-state index >= 15 is 0 Å². The lowest BCUT2D eigenvalue weighted by atomic mass is 10.2. The third-order valence-corrected chi connectivity index (χ3v) is 4.33. The van der Waals surface area contributed by atoms with Crippen LogP contribution in [-0.4, -0.2) is 26.2 Å². The van der Waals surface area contributed by atoms with Crippen LogP contribution in [-0.2, 0) is 6.54 Å². The van der Waals surface area contributed by atoms with Crippen LogP contribution in [0.4, 0.5) is 25.0 Å². The fourth-order valence-corrected chi connectivity index (χ4v) is 3.08. The molecule has 1 aliphatic rings. The average molecular weight is 361 g/mol. The predicted molar refractivity (Wildman–Crippen MR) is 96.7 cm³/mol. The molecule has 0 radical (unpaired) electrons. The number of hydrogen-bond acceptors (Lipinski definition) is 3. The first kappa shape index (κ1) is 18.0. The third kappa shape index (κ3) is 4.04. The third-order valence-electron chi connectivity index (χ3n) is 4.33. The summed E-state index contributed by atoms with van der Waals surface area (Å²) in [5.41, 5.74) is 0.842. The average Bonchev–Trinajstić information content (AvgIpc) is 3.13. The minimum absolute atomic E-state index is 0.0255. The Bertz CT molecular complexity index is 769. The van der Waals surface area contributed by atoms with Crippen LogP contribution in [0.5, 0.6) is 5.75 Å². The van der Waals surface area contributed by atoms with Crippen LogP contribution >= 0.6 is 0 Å². The first-order valence-electron chi connectivity index (χ1n) is 8.49. The fraction of sp³-hybridized carbons (Fsp3) is 0.316. The van der Waals surface area contributed by atoms with Crippen LogP contribution in [0.1, 0.15) is 18.4 Å². The van der Waals surface area contributed by atoms with Gasteiger partial charge in [-0.05, 0) is 31.0 Å². The van der Waals surface area contributed by atoms with Crippen molar-refractivity contribution in [3.05, 3.63) is 53.6 Å². The molecule has 2 aromatic carbocycles. The molecule has 5 nitrogen and oxygen atoms in total. The number of nitrogens with one attached hydrogen (secondary N) is 2. The highest BCUT2D eigenvalue weighted by Gasteiger charge is 2.21.